The minimum atomic E-state index is -1.27. The third-order valence-corrected chi connectivity index (χ3v) is 8.04. The van der Waals surface area contributed by atoms with Crippen LogP contribution in [0.4, 0.5) is 11.4 Å². The lowest BCUT2D eigenvalue weighted by molar-refractivity contribution is -0.384. The van der Waals surface area contributed by atoms with Gasteiger partial charge in [0.1, 0.15) is 6.04 Å². The number of aliphatic carboxylic acids is 1. The molecule has 0 heterocycles. The molecule has 0 aliphatic rings. The second-order valence-corrected chi connectivity index (χ2v) is 12.5. The average molecular weight is 642 g/mol. The molecule has 0 bridgehead atoms. The molecule has 48 heavy (non-hydrogen) atoms. The standard InChI is InChI=1S/C39H35N3O6/c1-39(2,3)31-18-13-29(14-19-31)36(43)40-34-22-17-30(28-15-20-32(21-16-28)42(47)48)24-33(34)37(44)41-35(38(45)46)23-25-9-11-27(12-10-25)26-7-5-4-6-8-26/h4-22,24,35H,23H2,1-3H3,(H,40,43)(H,41,44)(H,45,46)/t35-/m0/s1. The zero-order valence-corrected chi connectivity index (χ0v) is 26.8. The van der Waals surface area contributed by atoms with Crippen LogP contribution in [0.15, 0.2) is 121 Å². The lowest BCUT2D eigenvalue weighted by Gasteiger charge is -2.19. The van der Waals surface area contributed by atoms with E-state index in [1.807, 2.05) is 66.7 Å². The van der Waals surface area contributed by atoms with E-state index in [9.17, 15) is 29.6 Å². The van der Waals surface area contributed by atoms with Gasteiger partial charge in [-0.1, -0.05) is 93.6 Å². The van der Waals surface area contributed by atoms with Gasteiger partial charge in [0.2, 0.25) is 0 Å². The van der Waals surface area contributed by atoms with E-state index in [1.165, 1.54) is 18.2 Å². The second-order valence-electron chi connectivity index (χ2n) is 12.5. The van der Waals surface area contributed by atoms with Gasteiger partial charge in [-0.05, 0) is 75.2 Å². The number of carboxylic acids is 1. The number of carbonyl (C=O) groups excluding carboxylic acids is 2. The highest BCUT2D eigenvalue weighted by molar-refractivity contribution is 6.10. The van der Waals surface area contributed by atoms with Crippen LogP contribution in [-0.2, 0) is 16.6 Å². The maximum Gasteiger partial charge on any atom is 0.326 e. The monoisotopic (exact) mass is 641 g/mol. The summed E-state index contributed by atoms with van der Waals surface area (Å²) in [5.74, 6) is -2.36. The van der Waals surface area contributed by atoms with Crippen LogP contribution in [0, 0.1) is 10.1 Å². The molecule has 242 valence electrons. The van der Waals surface area contributed by atoms with Crippen molar-refractivity contribution in [1.29, 1.82) is 0 Å². The first-order valence-corrected chi connectivity index (χ1v) is 15.4. The number of nitrogens with one attached hydrogen (secondary N) is 2. The van der Waals surface area contributed by atoms with Crippen LogP contribution >= 0.6 is 0 Å². The van der Waals surface area contributed by atoms with Gasteiger partial charge < -0.3 is 15.7 Å². The first-order chi connectivity index (χ1) is 22.9. The van der Waals surface area contributed by atoms with Crippen LogP contribution in [0.2, 0.25) is 0 Å². The summed E-state index contributed by atoms with van der Waals surface area (Å²) in [5, 5.41) is 26.7. The van der Waals surface area contributed by atoms with E-state index in [4.69, 9.17) is 0 Å². The van der Waals surface area contributed by atoms with Crippen molar-refractivity contribution >= 4 is 29.2 Å². The van der Waals surface area contributed by atoms with Crippen molar-refractivity contribution in [3.63, 3.8) is 0 Å². The molecule has 0 aliphatic carbocycles. The number of hydrogen-bond acceptors (Lipinski definition) is 5. The Morgan fingerprint density at radius 1 is 0.729 bits per heavy atom. The predicted octanol–water partition coefficient (Wildman–Crippen LogP) is 7.90. The summed E-state index contributed by atoms with van der Waals surface area (Å²) < 4.78 is 0. The summed E-state index contributed by atoms with van der Waals surface area (Å²) in [6, 6.07) is 33.8. The number of anilines is 1. The number of benzene rings is 5. The first-order valence-electron chi connectivity index (χ1n) is 15.4. The molecule has 1 atom stereocenters. The van der Waals surface area contributed by atoms with E-state index in [1.54, 1.807) is 36.4 Å². The number of nitro groups is 1. The van der Waals surface area contributed by atoms with Gasteiger partial charge in [-0.2, -0.15) is 0 Å². The van der Waals surface area contributed by atoms with Gasteiger partial charge in [0.05, 0.1) is 16.2 Å². The van der Waals surface area contributed by atoms with E-state index >= 15 is 0 Å². The van der Waals surface area contributed by atoms with E-state index in [0.29, 0.717) is 22.3 Å². The Hall–Kier alpha value is -6.09. The molecule has 3 N–H and O–H groups in total. The number of amides is 2. The highest BCUT2D eigenvalue weighted by Crippen LogP contribution is 2.29. The number of nitro benzene ring substituents is 1. The molecule has 0 saturated carbocycles. The van der Waals surface area contributed by atoms with E-state index < -0.39 is 28.7 Å². The molecule has 2 amide bonds. The third kappa shape index (κ3) is 8.00. The third-order valence-electron chi connectivity index (χ3n) is 8.04. The van der Waals surface area contributed by atoms with Crippen LogP contribution in [0.25, 0.3) is 22.3 Å². The van der Waals surface area contributed by atoms with E-state index in [-0.39, 0.29) is 28.8 Å². The molecule has 0 unspecified atom stereocenters. The molecule has 5 aromatic rings. The Morgan fingerprint density at radius 2 is 1.29 bits per heavy atom. The van der Waals surface area contributed by atoms with Crippen molar-refractivity contribution in [1.82, 2.24) is 5.32 Å². The number of hydrogen-bond donors (Lipinski definition) is 3. The lowest BCUT2D eigenvalue weighted by atomic mass is 9.86. The van der Waals surface area contributed by atoms with Crippen LogP contribution in [0.3, 0.4) is 0 Å². The fourth-order valence-electron chi connectivity index (χ4n) is 5.25. The lowest BCUT2D eigenvalue weighted by Crippen LogP contribution is -2.42. The number of rotatable bonds is 10. The molecule has 0 saturated heterocycles. The summed E-state index contributed by atoms with van der Waals surface area (Å²) in [6.07, 6.45) is 0.0278. The number of carbonyl (C=O) groups is 3. The smallest absolute Gasteiger partial charge is 0.326 e. The maximum atomic E-state index is 13.8. The number of non-ortho nitro benzene ring substituents is 1. The van der Waals surface area contributed by atoms with Crippen LogP contribution < -0.4 is 10.6 Å². The van der Waals surface area contributed by atoms with Gasteiger partial charge in [0, 0.05) is 24.1 Å². The van der Waals surface area contributed by atoms with Gasteiger partial charge in [0.25, 0.3) is 17.5 Å². The Labute approximate surface area is 278 Å². The molecule has 0 spiro atoms. The molecule has 0 aliphatic heterocycles. The molecule has 0 aromatic heterocycles. The summed E-state index contributed by atoms with van der Waals surface area (Å²) in [7, 11) is 0. The molecule has 0 radical (unpaired) electrons. The zero-order chi connectivity index (χ0) is 34.4. The van der Waals surface area contributed by atoms with Gasteiger partial charge in [0.15, 0.2) is 0 Å². The quantitative estimate of drug-likeness (QED) is 0.105. The second kappa shape index (κ2) is 14.1. The van der Waals surface area contributed by atoms with Gasteiger partial charge in [-0.25, -0.2) is 4.79 Å². The first kappa shape index (κ1) is 33.3. The van der Waals surface area contributed by atoms with Crippen molar-refractivity contribution in [2.45, 2.75) is 38.6 Å². The molecular formula is C39H35N3O6. The zero-order valence-electron chi connectivity index (χ0n) is 26.8. The number of nitrogens with zero attached hydrogens (tertiary/aromatic N) is 1. The van der Waals surface area contributed by atoms with Gasteiger partial charge in [-0.15, -0.1) is 0 Å². The molecule has 5 rings (SSSR count). The largest absolute Gasteiger partial charge is 0.480 e. The maximum absolute atomic E-state index is 13.8. The minimum absolute atomic E-state index is 0.0278. The van der Waals surface area contributed by atoms with Crippen molar-refractivity contribution < 1.29 is 24.4 Å². The molecule has 9 nitrogen and oxygen atoms in total. The average Bonchev–Trinajstić information content (AvgIpc) is 3.08. The van der Waals surface area contributed by atoms with Crippen LogP contribution in [-0.4, -0.2) is 33.9 Å². The van der Waals surface area contributed by atoms with Gasteiger partial charge >= 0.3 is 5.97 Å². The molecule has 5 aromatic carbocycles. The molecule has 9 heteroatoms. The number of carboxylic acid groups (broad SMARTS) is 1. The Balaban J connectivity index is 1.42. The Morgan fingerprint density at radius 3 is 1.88 bits per heavy atom. The van der Waals surface area contributed by atoms with Crippen molar-refractivity contribution in [2.75, 3.05) is 5.32 Å². The van der Waals surface area contributed by atoms with Crippen molar-refractivity contribution in [3.05, 3.63) is 154 Å². The molecular weight excluding hydrogens is 606 g/mol. The van der Waals surface area contributed by atoms with E-state index in [0.717, 1.165) is 16.7 Å². The topological polar surface area (TPSA) is 139 Å². The van der Waals surface area contributed by atoms with Crippen LogP contribution in [0.5, 0.6) is 0 Å². The Bertz CT molecular complexity index is 1950. The fourth-order valence-corrected chi connectivity index (χ4v) is 5.25. The highest BCUT2D eigenvalue weighted by atomic mass is 16.6. The summed E-state index contributed by atoms with van der Waals surface area (Å²) in [5.41, 5.74) is 5.34. The van der Waals surface area contributed by atoms with Crippen molar-refractivity contribution in [3.8, 4) is 22.3 Å². The highest BCUT2D eigenvalue weighted by Gasteiger charge is 2.24. The van der Waals surface area contributed by atoms with Gasteiger partial charge in [-0.3, -0.25) is 19.7 Å². The Kier molecular flexibility index (Phi) is 9.80. The SMILES string of the molecule is CC(C)(C)c1ccc(C(=O)Nc2ccc(-c3ccc([N+](=O)[O-])cc3)cc2C(=O)N[C@@H](Cc2ccc(-c3ccccc3)cc2)C(=O)O)cc1. The fraction of sp³-hybridized carbons (Fsp3) is 0.154. The minimum Gasteiger partial charge on any atom is -0.480 e. The predicted molar refractivity (Wildman–Crippen MR) is 186 cm³/mol. The normalized spacial score (nSPS) is 11.7. The van der Waals surface area contributed by atoms with Crippen LogP contribution in [0.1, 0.15) is 52.6 Å². The summed E-state index contributed by atoms with van der Waals surface area (Å²) >= 11 is 0. The van der Waals surface area contributed by atoms with Crippen molar-refractivity contribution in [2.24, 2.45) is 0 Å². The molecule has 0 fully saturated rings. The van der Waals surface area contributed by atoms with E-state index in [2.05, 4.69) is 31.4 Å². The summed E-state index contributed by atoms with van der Waals surface area (Å²) in [4.78, 5) is 50.1. The summed E-state index contributed by atoms with van der Waals surface area (Å²) in [6.45, 7) is 6.22.